The SMILES string of the molecule is CCOC(=O)c1ccccc1NC(=S)N1CCCN(Cc2cc(C)on2)CC1. The van der Waals surface area contributed by atoms with Gasteiger partial charge < -0.3 is 19.5 Å². The third kappa shape index (κ3) is 5.30. The van der Waals surface area contributed by atoms with Crippen molar-refractivity contribution in [1.29, 1.82) is 0 Å². The zero-order chi connectivity index (χ0) is 19.9. The molecule has 0 spiro atoms. The number of hydrogen-bond acceptors (Lipinski definition) is 6. The van der Waals surface area contributed by atoms with Crippen LogP contribution in [0.5, 0.6) is 0 Å². The van der Waals surface area contributed by atoms with Crippen molar-refractivity contribution in [3.05, 3.63) is 47.3 Å². The van der Waals surface area contributed by atoms with Gasteiger partial charge in [-0.1, -0.05) is 17.3 Å². The van der Waals surface area contributed by atoms with Crippen LogP contribution in [-0.2, 0) is 11.3 Å². The molecule has 0 unspecified atom stereocenters. The maximum atomic E-state index is 12.2. The molecular formula is C20H26N4O3S. The topological polar surface area (TPSA) is 70.8 Å². The molecule has 0 saturated carbocycles. The fourth-order valence-electron chi connectivity index (χ4n) is 3.23. The van der Waals surface area contributed by atoms with Crippen LogP contribution < -0.4 is 5.32 Å². The first-order valence-electron chi connectivity index (χ1n) is 9.53. The molecule has 1 aromatic heterocycles. The first kappa shape index (κ1) is 20.3. The van der Waals surface area contributed by atoms with Gasteiger partial charge in [0, 0.05) is 38.8 Å². The van der Waals surface area contributed by atoms with Gasteiger partial charge in [0.05, 0.1) is 23.6 Å². The first-order valence-corrected chi connectivity index (χ1v) is 9.94. The third-order valence-electron chi connectivity index (χ3n) is 4.60. The summed E-state index contributed by atoms with van der Waals surface area (Å²) in [7, 11) is 0. The number of para-hydroxylation sites is 1. The molecule has 0 amide bonds. The number of rotatable bonds is 5. The van der Waals surface area contributed by atoms with Gasteiger partial charge in [-0.25, -0.2) is 4.79 Å². The fraction of sp³-hybridized carbons (Fsp3) is 0.450. The van der Waals surface area contributed by atoms with E-state index in [1.807, 2.05) is 31.2 Å². The molecule has 28 heavy (non-hydrogen) atoms. The summed E-state index contributed by atoms with van der Waals surface area (Å²) in [5, 5.41) is 7.93. The van der Waals surface area contributed by atoms with E-state index in [0.29, 0.717) is 23.0 Å². The van der Waals surface area contributed by atoms with E-state index in [1.165, 1.54) is 0 Å². The quantitative estimate of drug-likeness (QED) is 0.604. The van der Waals surface area contributed by atoms with Gasteiger partial charge in [0.1, 0.15) is 5.76 Å². The average molecular weight is 403 g/mol. The van der Waals surface area contributed by atoms with Gasteiger partial charge in [0.2, 0.25) is 0 Å². The number of aryl methyl sites for hydroxylation is 1. The number of nitrogens with one attached hydrogen (secondary N) is 1. The molecule has 2 heterocycles. The van der Waals surface area contributed by atoms with Crippen molar-refractivity contribution in [3.63, 3.8) is 0 Å². The van der Waals surface area contributed by atoms with E-state index < -0.39 is 0 Å². The van der Waals surface area contributed by atoms with Crippen LogP contribution in [0.4, 0.5) is 5.69 Å². The van der Waals surface area contributed by atoms with Gasteiger partial charge in [-0.3, -0.25) is 4.90 Å². The molecule has 0 bridgehead atoms. The fourth-order valence-corrected chi connectivity index (χ4v) is 3.52. The number of thiocarbonyl (C=S) groups is 1. The highest BCUT2D eigenvalue weighted by Crippen LogP contribution is 2.18. The van der Waals surface area contributed by atoms with Gasteiger partial charge in [0.25, 0.3) is 0 Å². The number of carbonyl (C=O) groups excluding carboxylic acids is 1. The van der Waals surface area contributed by atoms with Crippen LogP contribution >= 0.6 is 12.2 Å². The summed E-state index contributed by atoms with van der Waals surface area (Å²) < 4.78 is 10.3. The minimum absolute atomic E-state index is 0.338. The molecule has 1 N–H and O–H groups in total. The van der Waals surface area contributed by atoms with Crippen LogP contribution in [0.2, 0.25) is 0 Å². The van der Waals surface area contributed by atoms with E-state index in [1.54, 1.807) is 13.0 Å². The molecule has 8 heteroatoms. The zero-order valence-corrected chi connectivity index (χ0v) is 17.1. The molecule has 1 aromatic carbocycles. The highest BCUT2D eigenvalue weighted by molar-refractivity contribution is 7.80. The van der Waals surface area contributed by atoms with Crippen molar-refractivity contribution in [2.45, 2.75) is 26.8 Å². The van der Waals surface area contributed by atoms with Crippen LogP contribution in [0.25, 0.3) is 0 Å². The number of hydrogen-bond donors (Lipinski definition) is 1. The molecule has 0 radical (unpaired) electrons. The Bertz CT molecular complexity index is 823. The lowest BCUT2D eigenvalue weighted by Crippen LogP contribution is -2.38. The lowest BCUT2D eigenvalue weighted by atomic mass is 10.2. The number of anilines is 1. The summed E-state index contributed by atoms with van der Waals surface area (Å²) >= 11 is 5.62. The summed E-state index contributed by atoms with van der Waals surface area (Å²) in [4.78, 5) is 16.7. The van der Waals surface area contributed by atoms with Gasteiger partial charge in [-0.05, 0) is 44.6 Å². The lowest BCUT2D eigenvalue weighted by Gasteiger charge is -2.25. The molecule has 0 aliphatic carbocycles. The minimum atomic E-state index is -0.349. The highest BCUT2D eigenvalue weighted by atomic mass is 32.1. The van der Waals surface area contributed by atoms with E-state index >= 15 is 0 Å². The first-order chi connectivity index (χ1) is 13.6. The largest absolute Gasteiger partial charge is 0.462 e. The highest BCUT2D eigenvalue weighted by Gasteiger charge is 2.20. The molecule has 0 atom stereocenters. The van der Waals surface area contributed by atoms with E-state index in [4.69, 9.17) is 21.5 Å². The maximum Gasteiger partial charge on any atom is 0.340 e. The summed E-state index contributed by atoms with van der Waals surface area (Å²) in [6.45, 7) is 8.34. The predicted octanol–water partition coefficient (Wildman–Crippen LogP) is 3.06. The second-order valence-electron chi connectivity index (χ2n) is 6.74. The Balaban J connectivity index is 1.59. The molecular weight excluding hydrogens is 376 g/mol. The average Bonchev–Trinajstić information content (AvgIpc) is 2.94. The monoisotopic (exact) mass is 402 g/mol. The van der Waals surface area contributed by atoms with E-state index in [2.05, 4.69) is 20.3 Å². The van der Waals surface area contributed by atoms with Gasteiger partial charge in [0.15, 0.2) is 5.11 Å². The van der Waals surface area contributed by atoms with Crippen LogP contribution in [0, 0.1) is 6.92 Å². The second kappa shape index (κ2) is 9.66. The van der Waals surface area contributed by atoms with Crippen LogP contribution in [0.3, 0.4) is 0 Å². The Morgan fingerprint density at radius 2 is 2.11 bits per heavy atom. The molecule has 3 rings (SSSR count). The lowest BCUT2D eigenvalue weighted by molar-refractivity contribution is 0.0527. The van der Waals surface area contributed by atoms with E-state index in [9.17, 15) is 4.79 Å². The normalized spacial score (nSPS) is 15.1. The van der Waals surface area contributed by atoms with Gasteiger partial charge in [-0.15, -0.1) is 0 Å². The Kier molecular flexibility index (Phi) is 7.00. The van der Waals surface area contributed by atoms with Gasteiger partial charge >= 0.3 is 5.97 Å². The summed E-state index contributed by atoms with van der Waals surface area (Å²) in [6, 6.07) is 9.25. The van der Waals surface area contributed by atoms with Crippen molar-refractivity contribution in [3.8, 4) is 0 Å². The molecule has 7 nitrogen and oxygen atoms in total. The predicted molar refractivity (Wildman–Crippen MR) is 111 cm³/mol. The summed E-state index contributed by atoms with van der Waals surface area (Å²) in [5.74, 6) is 0.482. The number of nitrogens with zero attached hydrogens (tertiary/aromatic N) is 3. The zero-order valence-electron chi connectivity index (χ0n) is 16.3. The Morgan fingerprint density at radius 1 is 1.29 bits per heavy atom. The molecule has 1 saturated heterocycles. The Labute approximate surface area is 170 Å². The molecule has 1 aliphatic rings. The Morgan fingerprint density at radius 3 is 2.86 bits per heavy atom. The van der Waals surface area contributed by atoms with Crippen molar-refractivity contribution in [2.24, 2.45) is 0 Å². The molecule has 1 fully saturated rings. The van der Waals surface area contributed by atoms with Crippen LogP contribution in [-0.4, -0.2) is 58.8 Å². The number of carbonyl (C=O) groups is 1. The maximum absolute atomic E-state index is 12.2. The van der Waals surface area contributed by atoms with Crippen molar-refractivity contribution >= 4 is 29.0 Å². The standard InChI is InChI=1S/C20H26N4O3S/c1-3-26-19(25)17-7-4-5-8-18(17)21-20(28)24-10-6-9-23(11-12-24)14-16-13-15(2)27-22-16/h4-5,7-8,13H,3,6,9-12,14H2,1-2H3,(H,21,28). The Hall–Kier alpha value is -2.45. The number of benzene rings is 1. The third-order valence-corrected chi connectivity index (χ3v) is 4.96. The van der Waals surface area contributed by atoms with Crippen LogP contribution in [0.15, 0.2) is 34.9 Å². The summed E-state index contributed by atoms with van der Waals surface area (Å²) in [5.41, 5.74) is 2.12. The minimum Gasteiger partial charge on any atom is -0.462 e. The van der Waals surface area contributed by atoms with Crippen molar-refractivity contribution in [1.82, 2.24) is 15.0 Å². The second-order valence-corrected chi connectivity index (χ2v) is 7.13. The van der Waals surface area contributed by atoms with Crippen LogP contribution in [0.1, 0.15) is 35.2 Å². The van der Waals surface area contributed by atoms with Crippen molar-refractivity contribution < 1.29 is 14.1 Å². The number of ether oxygens (including phenoxy) is 1. The van der Waals surface area contributed by atoms with Gasteiger partial charge in [-0.2, -0.15) is 0 Å². The van der Waals surface area contributed by atoms with E-state index in [-0.39, 0.29) is 5.97 Å². The molecule has 1 aliphatic heterocycles. The number of aromatic nitrogens is 1. The summed E-state index contributed by atoms with van der Waals surface area (Å²) in [6.07, 6.45) is 0.998. The number of esters is 1. The smallest absolute Gasteiger partial charge is 0.340 e. The molecule has 150 valence electrons. The van der Waals surface area contributed by atoms with Crippen molar-refractivity contribution in [2.75, 3.05) is 38.1 Å². The van der Waals surface area contributed by atoms with E-state index in [0.717, 1.165) is 50.6 Å². The molecule has 2 aromatic rings.